The lowest BCUT2D eigenvalue weighted by Crippen LogP contribution is -2.50. The number of quaternary nitrogens is 1. The molecular weight excluding hydrogens is 606 g/mol. The van der Waals surface area contributed by atoms with Gasteiger partial charge in [0.2, 0.25) is 0 Å². The van der Waals surface area contributed by atoms with E-state index in [1.54, 1.807) is 0 Å². The van der Waals surface area contributed by atoms with Crippen molar-refractivity contribution in [3.63, 3.8) is 0 Å². The SMILES string of the molecule is CC/C=C/C/C=C/C/C=C/CCCCC(=O)OCC(COCCC(C(=O)O)[N+](C)(C)C)OC(=O)CCCCCCCCCCCCCC. The standard InChI is InChI=1S/C40H71NO7/c1-6-8-10-12-14-16-18-20-22-24-26-28-30-38(42)47-35-36(34-46-33-32-37(40(44)45)41(3,4)5)48-39(43)31-29-27-25-23-21-19-17-15-13-11-9-7-2/h8,10,14,16,20,22,36-37H,6-7,9,11-13,15,17-19,21,23-35H2,1-5H3/p+1/b10-8+,16-14+,22-20+. The number of unbranched alkanes of at least 4 members (excludes halogenated alkanes) is 13. The van der Waals surface area contributed by atoms with Crippen LogP contribution in [0.15, 0.2) is 36.5 Å². The van der Waals surface area contributed by atoms with E-state index in [1.807, 2.05) is 21.1 Å². The number of carboxylic acid groups (broad SMARTS) is 1. The molecule has 0 radical (unpaired) electrons. The van der Waals surface area contributed by atoms with Crippen molar-refractivity contribution in [1.82, 2.24) is 0 Å². The van der Waals surface area contributed by atoms with Crippen LogP contribution in [-0.2, 0) is 28.6 Å². The monoisotopic (exact) mass is 679 g/mol. The average Bonchev–Trinajstić information content (AvgIpc) is 3.03. The topological polar surface area (TPSA) is 99.1 Å². The molecule has 8 heteroatoms. The van der Waals surface area contributed by atoms with Gasteiger partial charge in [-0.2, -0.15) is 0 Å². The minimum absolute atomic E-state index is 0.0507. The van der Waals surface area contributed by atoms with E-state index in [-0.39, 0.29) is 36.2 Å². The third-order valence-electron chi connectivity index (χ3n) is 8.30. The van der Waals surface area contributed by atoms with Crippen LogP contribution in [0.3, 0.4) is 0 Å². The summed E-state index contributed by atoms with van der Waals surface area (Å²) >= 11 is 0. The second-order valence-electron chi connectivity index (χ2n) is 13.8. The molecule has 0 aliphatic rings. The van der Waals surface area contributed by atoms with Crippen LogP contribution < -0.4 is 0 Å². The molecule has 0 saturated heterocycles. The second kappa shape index (κ2) is 31.8. The molecule has 0 rings (SSSR count). The summed E-state index contributed by atoms with van der Waals surface area (Å²) in [6.07, 6.45) is 33.3. The van der Waals surface area contributed by atoms with Crippen LogP contribution in [0.5, 0.6) is 0 Å². The molecule has 48 heavy (non-hydrogen) atoms. The molecule has 0 aliphatic heterocycles. The smallest absolute Gasteiger partial charge is 0.362 e. The van der Waals surface area contributed by atoms with Crippen molar-refractivity contribution in [1.29, 1.82) is 0 Å². The lowest BCUT2D eigenvalue weighted by Gasteiger charge is -2.31. The fourth-order valence-corrected chi connectivity index (χ4v) is 5.34. The first-order valence-corrected chi connectivity index (χ1v) is 19.0. The maximum absolute atomic E-state index is 12.6. The molecule has 0 bridgehead atoms. The summed E-state index contributed by atoms with van der Waals surface area (Å²) < 4.78 is 17.1. The minimum atomic E-state index is -0.881. The molecule has 0 amide bonds. The summed E-state index contributed by atoms with van der Waals surface area (Å²) in [6.45, 7) is 4.56. The van der Waals surface area contributed by atoms with E-state index in [2.05, 4.69) is 50.3 Å². The van der Waals surface area contributed by atoms with Gasteiger partial charge in [-0.05, 0) is 44.9 Å². The first-order valence-electron chi connectivity index (χ1n) is 19.0. The Balaban J connectivity index is 4.48. The summed E-state index contributed by atoms with van der Waals surface area (Å²) in [4.78, 5) is 36.7. The highest BCUT2D eigenvalue weighted by Gasteiger charge is 2.31. The van der Waals surface area contributed by atoms with Gasteiger partial charge < -0.3 is 23.8 Å². The number of nitrogens with zero attached hydrogens (tertiary/aromatic N) is 1. The first kappa shape index (κ1) is 45.6. The van der Waals surface area contributed by atoms with Crippen LogP contribution in [0.2, 0.25) is 0 Å². The summed E-state index contributed by atoms with van der Waals surface area (Å²) in [7, 11) is 5.50. The van der Waals surface area contributed by atoms with E-state index in [0.29, 0.717) is 19.3 Å². The Kier molecular flexibility index (Phi) is 30.2. The Bertz CT molecular complexity index is 891. The number of esters is 2. The van der Waals surface area contributed by atoms with Crippen LogP contribution in [0.4, 0.5) is 0 Å². The van der Waals surface area contributed by atoms with Gasteiger partial charge in [-0.15, -0.1) is 0 Å². The highest BCUT2D eigenvalue weighted by molar-refractivity contribution is 5.72. The van der Waals surface area contributed by atoms with Gasteiger partial charge in [0.1, 0.15) is 6.61 Å². The van der Waals surface area contributed by atoms with E-state index in [4.69, 9.17) is 14.2 Å². The van der Waals surface area contributed by atoms with Crippen LogP contribution >= 0.6 is 0 Å². The third-order valence-corrected chi connectivity index (χ3v) is 8.30. The normalized spacial score (nSPS) is 13.4. The number of carboxylic acids is 1. The Morgan fingerprint density at radius 2 is 1.17 bits per heavy atom. The first-order chi connectivity index (χ1) is 23.1. The zero-order valence-corrected chi connectivity index (χ0v) is 31.4. The molecule has 2 unspecified atom stereocenters. The molecule has 0 fully saturated rings. The van der Waals surface area contributed by atoms with Gasteiger partial charge in [-0.3, -0.25) is 9.59 Å². The number of ether oxygens (including phenoxy) is 3. The van der Waals surface area contributed by atoms with Crippen molar-refractivity contribution in [2.24, 2.45) is 0 Å². The van der Waals surface area contributed by atoms with Crippen molar-refractivity contribution in [2.45, 2.75) is 161 Å². The van der Waals surface area contributed by atoms with Crippen LogP contribution in [-0.4, -0.2) is 80.6 Å². The second-order valence-corrected chi connectivity index (χ2v) is 13.8. The molecule has 2 atom stereocenters. The Morgan fingerprint density at radius 3 is 1.73 bits per heavy atom. The quantitative estimate of drug-likeness (QED) is 0.0319. The maximum atomic E-state index is 12.6. The fraction of sp³-hybridized carbons (Fsp3) is 0.775. The predicted molar refractivity (Wildman–Crippen MR) is 197 cm³/mol. The Labute approximate surface area is 293 Å². The largest absolute Gasteiger partial charge is 0.477 e. The molecule has 0 aromatic rings. The van der Waals surface area contributed by atoms with Crippen molar-refractivity contribution in [2.75, 3.05) is 41.0 Å². The molecule has 8 nitrogen and oxygen atoms in total. The van der Waals surface area contributed by atoms with Crippen LogP contribution in [0.25, 0.3) is 0 Å². The lowest BCUT2D eigenvalue weighted by atomic mass is 10.0. The summed E-state index contributed by atoms with van der Waals surface area (Å²) in [6, 6.07) is -0.617. The predicted octanol–water partition coefficient (Wildman–Crippen LogP) is 9.52. The number of aliphatic carboxylic acids is 1. The average molecular weight is 679 g/mol. The molecule has 278 valence electrons. The van der Waals surface area contributed by atoms with E-state index < -0.39 is 18.1 Å². The lowest BCUT2D eigenvalue weighted by molar-refractivity contribution is -0.887. The zero-order valence-electron chi connectivity index (χ0n) is 31.4. The number of rotatable bonds is 33. The van der Waals surface area contributed by atoms with Gasteiger partial charge in [0.15, 0.2) is 12.1 Å². The molecular formula is C40H72NO7+. The number of carbonyl (C=O) groups is 3. The van der Waals surface area contributed by atoms with Gasteiger partial charge in [0.05, 0.1) is 34.4 Å². The van der Waals surface area contributed by atoms with Crippen LogP contribution in [0.1, 0.15) is 149 Å². The van der Waals surface area contributed by atoms with Crippen molar-refractivity contribution in [3.05, 3.63) is 36.5 Å². The highest BCUT2D eigenvalue weighted by Crippen LogP contribution is 2.14. The van der Waals surface area contributed by atoms with Crippen molar-refractivity contribution in [3.8, 4) is 0 Å². The minimum Gasteiger partial charge on any atom is -0.477 e. The summed E-state index contributed by atoms with van der Waals surface area (Å²) in [5, 5.41) is 9.57. The van der Waals surface area contributed by atoms with Gasteiger partial charge >= 0.3 is 17.9 Å². The van der Waals surface area contributed by atoms with E-state index in [0.717, 1.165) is 57.8 Å². The summed E-state index contributed by atoms with van der Waals surface area (Å²) in [5.74, 6) is -1.52. The molecule has 0 aliphatic carbocycles. The number of carbonyl (C=O) groups excluding carboxylic acids is 2. The van der Waals surface area contributed by atoms with Gasteiger partial charge in [-0.1, -0.05) is 121 Å². The van der Waals surface area contributed by atoms with Gasteiger partial charge in [0.25, 0.3) is 0 Å². The molecule has 1 N–H and O–H groups in total. The Morgan fingerprint density at radius 1 is 0.646 bits per heavy atom. The third kappa shape index (κ3) is 29.7. The molecule has 0 heterocycles. The summed E-state index contributed by atoms with van der Waals surface area (Å²) in [5.41, 5.74) is 0. The molecule has 0 aromatic carbocycles. The number of likely N-dealkylation sites (N-methyl/N-ethyl adjacent to an activating group) is 1. The maximum Gasteiger partial charge on any atom is 0.362 e. The Hall–Kier alpha value is -2.45. The number of allylic oxidation sites excluding steroid dienone is 6. The highest BCUT2D eigenvalue weighted by atomic mass is 16.6. The van der Waals surface area contributed by atoms with Crippen molar-refractivity contribution >= 4 is 17.9 Å². The number of hydrogen-bond donors (Lipinski definition) is 1. The fourth-order valence-electron chi connectivity index (χ4n) is 5.34. The molecule has 0 saturated carbocycles. The zero-order chi connectivity index (χ0) is 35.7. The van der Waals surface area contributed by atoms with E-state index in [9.17, 15) is 19.5 Å². The molecule has 0 aromatic heterocycles. The number of hydrogen-bond acceptors (Lipinski definition) is 6. The van der Waals surface area contributed by atoms with Gasteiger partial charge in [-0.25, -0.2) is 4.79 Å². The van der Waals surface area contributed by atoms with E-state index in [1.165, 1.54) is 57.8 Å². The van der Waals surface area contributed by atoms with Crippen LogP contribution in [0, 0.1) is 0 Å². The van der Waals surface area contributed by atoms with E-state index >= 15 is 0 Å². The van der Waals surface area contributed by atoms with Crippen molar-refractivity contribution < 1.29 is 38.2 Å². The van der Waals surface area contributed by atoms with Gasteiger partial charge in [0, 0.05) is 19.3 Å². The molecule has 0 spiro atoms.